The van der Waals surface area contributed by atoms with Crippen LogP contribution >= 0.6 is 0 Å². The molecular formula is C7H13ClN2O3S. The molecule has 5 nitrogen and oxygen atoms in total. The minimum absolute atomic E-state index is 0. The number of aryl methyl sites for hydroxylation is 1. The topological polar surface area (TPSA) is 52.2 Å². The van der Waals surface area contributed by atoms with E-state index in [2.05, 4.69) is 0 Å². The van der Waals surface area contributed by atoms with E-state index in [0.717, 1.165) is 3.97 Å². The fourth-order valence-electron chi connectivity index (χ4n) is 0.809. The summed E-state index contributed by atoms with van der Waals surface area (Å²) in [6, 6.07) is 0. The van der Waals surface area contributed by atoms with E-state index >= 15 is 0 Å². The van der Waals surface area contributed by atoms with Gasteiger partial charge in [0.25, 0.3) is 6.33 Å². The third kappa shape index (κ3) is 3.28. The molecule has 0 fully saturated rings. The van der Waals surface area contributed by atoms with Crippen molar-refractivity contribution in [1.29, 1.82) is 0 Å². The largest absolute Gasteiger partial charge is 1.00 e. The standard InChI is InChI=1S/C7H13N2O3S.ClH/c1-3-6-12-13(10,11)9-5-4-8(2)7-9;/h4-5,7H,3,6H2,1-2H3;1H/q+1;/p-1. The smallest absolute Gasteiger partial charge is 0.441 e. The second-order valence-corrected chi connectivity index (χ2v) is 4.20. The molecule has 0 atom stereocenters. The Morgan fingerprint density at radius 3 is 2.57 bits per heavy atom. The van der Waals surface area contributed by atoms with Crippen LogP contribution < -0.4 is 17.0 Å². The maximum absolute atomic E-state index is 11.3. The van der Waals surface area contributed by atoms with Gasteiger partial charge in [-0.15, -0.1) is 3.97 Å². The maximum atomic E-state index is 11.3. The first kappa shape index (κ1) is 13.4. The second kappa shape index (κ2) is 5.33. The van der Waals surface area contributed by atoms with Gasteiger partial charge in [0, 0.05) is 0 Å². The summed E-state index contributed by atoms with van der Waals surface area (Å²) in [7, 11) is -1.86. The molecule has 0 radical (unpaired) electrons. The van der Waals surface area contributed by atoms with Crippen LogP contribution in [0.1, 0.15) is 13.3 Å². The van der Waals surface area contributed by atoms with Gasteiger partial charge in [0.05, 0.1) is 13.7 Å². The molecule has 0 N–H and O–H groups in total. The van der Waals surface area contributed by atoms with Crippen LogP contribution in [0.15, 0.2) is 18.7 Å². The zero-order chi connectivity index (χ0) is 9.90. The normalized spacial score (nSPS) is 11.0. The van der Waals surface area contributed by atoms with Gasteiger partial charge in [-0.05, 0) is 6.42 Å². The Balaban J connectivity index is 0.00000169. The van der Waals surface area contributed by atoms with Crippen LogP contribution in [0.4, 0.5) is 0 Å². The first-order valence-electron chi connectivity index (χ1n) is 3.99. The van der Waals surface area contributed by atoms with Crippen molar-refractivity contribution in [3.05, 3.63) is 18.7 Å². The first-order chi connectivity index (χ1) is 6.06. The van der Waals surface area contributed by atoms with Crippen molar-refractivity contribution in [3.63, 3.8) is 0 Å². The third-order valence-corrected chi connectivity index (χ3v) is 2.64. The van der Waals surface area contributed by atoms with Gasteiger partial charge in [-0.3, -0.25) is 0 Å². The van der Waals surface area contributed by atoms with Gasteiger partial charge >= 0.3 is 10.3 Å². The Labute approximate surface area is 90.0 Å². The summed E-state index contributed by atoms with van der Waals surface area (Å²) in [4.78, 5) is 0. The highest BCUT2D eigenvalue weighted by Crippen LogP contribution is 1.98. The maximum Gasteiger partial charge on any atom is 0.441 e. The van der Waals surface area contributed by atoms with Crippen molar-refractivity contribution >= 4 is 10.3 Å². The summed E-state index contributed by atoms with van der Waals surface area (Å²) in [5, 5.41) is 0. The van der Waals surface area contributed by atoms with Crippen molar-refractivity contribution in [3.8, 4) is 0 Å². The molecule has 0 unspecified atom stereocenters. The molecular weight excluding hydrogens is 228 g/mol. The van der Waals surface area contributed by atoms with Crippen LogP contribution in [0.5, 0.6) is 0 Å². The first-order valence-corrected chi connectivity index (χ1v) is 5.36. The third-order valence-electron chi connectivity index (χ3n) is 1.44. The average molecular weight is 241 g/mol. The van der Waals surface area contributed by atoms with Crippen LogP contribution in [-0.2, 0) is 21.5 Å². The summed E-state index contributed by atoms with van der Waals surface area (Å²) in [6.45, 7) is 2.06. The number of aromatic nitrogens is 2. The molecule has 0 aliphatic heterocycles. The molecule has 1 heterocycles. The predicted octanol–water partition coefficient (Wildman–Crippen LogP) is -3.16. The Kier molecular flexibility index (Phi) is 5.11. The zero-order valence-electron chi connectivity index (χ0n) is 8.05. The summed E-state index contributed by atoms with van der Waals surface area (Å²) in [5.41, 5.74) is 0. The average Bonchev–Trinajstić information content (AvgIpc) is 2.49. The fraction of sp³-hybridized carbons (Fsp3) is 0.571. The number of imidazole rings is 1. The number of halogens is 1. The number of hydrogen-bond donors (Lipinski definition) is 0. The van der Waals surface area contributed by atoms with E-state index in [1.54, 1.807) is 17.8 Å². The molecule has 82 valence electrons. The number of hydrogen-bond acceptors (Lipinski definition) is 3. The molecule has 1 rings (SSSR count). The van der Waals surface area contributed by atoms with E-state index in [1.165, 1.54) is 12.5 Å². The quantitative estimate of drug-likeness (QED) is 0.522. The van der Waals surface area contributed by atoms with E-state index in [9.17, 15) is 8.42 Å². The lowest BCUT2D eigenvalue weighted by Gasteiger charge is -1.97. The molecule has 0 aliphatic rings. The molecule has 0 spiro atoms. The minimum Gasteiger partial charge on any atom is -1.00 e. The van der Waals surface area contributed by atoms with Crippen LogP contribution in [0.2, 0.25) is 0 Å². The molecule has 0 aliphatic carbocycles. The Hall–Kier alpha value is -0.590. The fourth-order valence-corrected chi connectivity index (χ4v) is 1.78. The van der Waals surface area contributed by atoms with Gasteiger partial charge in [0.15, 0.2) is 0 Å². The van der Waals surface area contributed by atoms with Gasteiger partial charge < -0.3 is 12.4 Å². The SMILES string of the molecule is CCCOS(=O)(=O)n1cc[n+](C)c1.[Cl-]. The van der Waals surface area contributed by atoms with Gasteiger partial charge in [-0.1, -0.05) is 6.92 Å². The molecule has 1 aromatic rings. The molecule has 7 heteroatoms. The van der Waals surface area contributed by atoms with Crippen molar-refractivity contribution < 1.29 is 29.6 Å². The molecule has 0 saturated heterocycles. The van der Waals surface area contributed by atoms with E-state index in [1.807, 2.05) is 6.92 Å². The highest BCUT2D eigenvalue weighted by molar-refractivity contribution is 7.85. The monoisotopic (exact) mass is 240 g/mol. The molecule has 0 saturated carbocycles. The van der Waals surface area contributed by atoms with Crippen molar-refractivity contribution in [2.75, 3.05) is 6.61 Å². The van der Waals surface area contributed by atoms with Gasteiger partial charge in [0.1, 0.15) is 12.4 Å². The van der Waals surface area contributed by atoms with Crippen LogP contribution in [0.3, 0.4) is 0 Å². The lowest BCUT2D eigenvalue weighted by molar-refractivity contribution is -0.670. The zero-order valence-corrected chi connectivity index (χ0v) is 9.62. The predicted molar refractivity (Wildman–Crippen MR) is 46.2 cm³/mol. The minimum atomic E-state index is -3.61. The van der Waals surface area contributed by atoms with Gasteiger partial charge in [-0.2, -0.15) is 8.42 Å². The molecule has 0 bridgehead atoms. The van der Waals surface area contributed by atoms with Crippen LogP contribution in [0, 0.1) is 0 Å². The number of rotatable bonds is 4. The summed E-state index contributed by atoms with van der Waals surface area (Å²) >= 11 is 0. The lowest BCUT2D eigenvalue weighted by Crippen LogP contribution is -3.00. The van der Waals surface area contributed by atoms with Crippen molar-refractivity contribution in [2.24, 2.45) is 7.05 Å². The van der Waals surface area contributed by atoms with Crippen LogP contribution in [-0.4, -0.2) is 19.0 Å². The van der Waals surface area contributed by atoms with Gasteiger partial charge in [0.2, 0.25) is 0 Å². The Bertz CT molecular complexity index is 374. The van der Waals surface area contributed by atoms with E-state index in [0.29, 0.717) is 6.42 Å². The Morgan fingerprint density at radius 1 is 1.50 bits per heavy atom. The van der Waals surface area contributed by atoms with E-state index in [-0.39, 0.29) is 19.0 Å². The van der Waals surface area contributed by atoms with Crippen molar-refractivity contribution in [2.45, 2.75) is 13.3 Å². The number of nitrogens with zero attached hydrogens (tertiary/aromatic N) is 2. The molecule has 14 heavy (non-hydrogen) atoms. The molecule has 0 aromatic carbocycles. The van der Waals surface area contributed by atoms with Crippen LogP contribution in [0.25, 0.3) is 0 Å². The van der Waals surface area contributed by atoms with Crippen molar-refractivity contribution in [1.82, 2.24) is 3.97 Å². The lowest BCUT2D eigenvalue weighted by atomic mass is 10.5. The highest BCUT2D eigenvalue weighted by Gasteiger charge is 2.19. The summed E-state index contributed by atoms with van der Waals surface area (Å²) < 4.78 is 30.0. The second-order valence-electron chi connectivity index (χ2n) is 2.69. The summed E-state index contributed by atoms with van der Waals surface area (Å²) in [6.07, 6.45) is 5.18. The van der Waals surface area contributed by atoms with E-state index in [4.69, 9.17) is 4.18 Å². The summed E-state index contributed by atoms with van der Waals surface area (Å²) in [5.74, 6) is 0. The molecule has 1 aromatic heterocycles. The van der Waals surface area contributed by atoms with E-state index < -0.39 is 10.3 Å². The van der Waals surface area contributed by atoms with Gasteiger partial charge in [-0.25, -0.2) is 8.75 Å². The Morgan fingerprint density at radius 2 is 2.14 bits per heavy atom. The highest BCUT2D eigenvalue weighted by atomic mass is 35.5. The molecule has 0 amide bonds.